The van der Waals surface area contributed by atoms with Gasteiger partial charge in [0.2, 0.25) is 0 Å². The van der Waals surface area contributed by atoms with Gasteiger partial charge in [-0.05, 0) is 30.7 Å². The average molecular weight is 289 g/mol. The maximum Gasteiger partial charge on any atom is 0.130 e. The van der Waals surface area contributed by atoms with Gasteiger partial charge in [0.05, 0.1) is 16.8 Å². The molecule has 20 heavy (non-hydrogen) atoms. The van der Waals surface area contributed by atoms with Gasteiger partial charge in [-0.25, -0.2) is 9.82 Å². The molecule has 2 aromatic carbocycles. The van der Waals surface area contributed by atoms with Crippen molar-refractivity contribution in [2.45, 2.75) is 13.0 Å². The number of benzene rings is 2. The molecule has 0 aromatic heterocycles. The van der Waals surface area contributed by atoms with Gasteiger partial charge in [-0.3, -0.25) is 5.01 Å². The summed E-state index contributed by atoms with van der Waals surface area (Å²) in [6, 6.07) is 14.4. The number of hydrogen-bond acceptors (Lipinski definition) is 2. The molecule has 0 amide bonds. The molecule has 0 radical (unpaired) electrons. The Hall–Kier alpha value is -1.84. The minimum Gasteiger partial charge on any atom is -0.282 e. The van der Waals surface area contributed by atoms with Crippen LogP contribution in [0.3, 0.4) is 0 Å². The highest BCUT2D eigenvalue weighted by Crippen LogP contribution is 2.32. The third-order valence-corrected chi connectivity index (χ3v) is 3.68. The zero-order chi connectivity index (χ0) is 14.1. The lowest BCUT2D eigenvalue weighted by Crippen LogP contribution is -2.34. The molecule has 3 rings (SSSR count). The average Bonchev–Trinajstić information content (AvgIpc) is 2.81. The van der Waals surface area contributed by atoms with Gasteiger partial charge in [-0.2, -0.15) is 0 Å². The Kier molecular flexibility index (Phi) is 3.47. The maximum absolute atomic E-state index is 13.9. The lowest BCUT2D eigenvalue weighted by Gasteiger charge is -2.19. The molecule has 4 heteroatoms. The molecule has 0 bridgehead atoms. The fourth-order valence-electron chi connectivity index (χ4n) is 2.35. The number of rotatable bonds is 2. The van der Waals surface area contributed by atoms with Gasteiger partial charge in [-0.1, -0.05) is 41.9 Å². The second kappa shape index (κ2) is 5.27. The summed E-state index contributed by atoms with van der Waals surface area (Å²) in [6.45, 7) is 2.00. The maximum atomic E-state index is 13.9. The molecule has 1 N–H and O–H groups in total. The molecule has 0 saturated heterocycles. The summed E-state index contributed by atoms with van der Waals surface area (Å²) in [7, 11) is 0. The van der Waals surface area contributed by atoms with E-state index < -0.39 is 0 Å². The summed E-state index contributed by atoms with van der Waals surface area (Å²) < 4.78 is 13.9. The van der Waals surface area contributed by atoms with Crippen LogP contribution in [0, 0.1) is 5.82 Å². The lowest BCUT2D eigenvalue weighted by atomic mass is 10.0. The summed E-state index contributed by atoms with van der Waals surface area (Å²) >= 11 is 6.19. The summed E-state index contributed by atoms with van der Waals surface area (Å²) in [5, 5.41) is 2.49. The fraction of sp³-hybridized carbons (Fsp3) is 0.125. The van der Waals surface area contributed by atoms with Crippen molar-refractivity contribution in [3.05, 3.63) is 71.1 Å². The fourth-order valence-corrected chi connectivity index (χ4v) is 2.58. The van der Waals surface area contributed by atoms with Crippen molar-refractivity contribution < 1.29 is 4.39 Å². The third-order valence-electron chi connectivity index (χ3n) is 3.36. The zero-order valence-electron chi connectivity index (χ0n) is 11.0. The first-order valence-corrected chi connectivity index (χ1v) is 6.81. The van der Waals surface area contributed by atoms with Crippen LogP contribution in [0.4, 0.5) is 10.1 Å². The van der Waals surface area contributed by atoms with Gasteiger partial charge in [-0.15, -0.1) is 0 Å². The Morgan fingerprint density at radius 3 is 2.55 bits per heavy atom. The van der Waals surface area contributed by atoms with Gasteiger partial charge in [0, 0.05) is 11.8 Å². The van der Waals surface area contributed by atoms with Crippen LogP contribution in [0.1, 0.15) is 12.5 Å². The van der Waals surface area contributed by atoms with Crippen molar-refractivity contribution >= 4 is 22.9 Å². The lowest BCUT2D eigenvalue weighted by molar-refractivity contribution is 0.619. The van der Waals surface area contributed by atoms with E-state index in [1.165, 1.54) is 6.07 Å². The van der Waals surface area contributed by atoms with E-state index in [-0.39, 0.29) is 11.9 Å². The molecular formula is C16H14ClFN2. The molecular weight excluding hydrogens is 275 g/mol. The molecule has 0 aliphatic carbocycles. The van der Waals surface area contributed by atoms with Crippen LogP contribution < -0.4 is 10.4 Å². The van der Waals surface area contributed by atoms with Gasteiger partial charge >= 0.3 is 0 Å². The standard InChI is InChI=1S/C16H14ClFN2/c1-11-13(12-6-2-4-8-15(12)18)10-20(19-11)16-9-5-3-7-14(16)17/h2-11,19H,1H3. The van der Waals surface area contributed by atoms with Crippen molar-refractivity contribution in [3.63, 3.8) is 0 Å². The van der Waals surface area contributed by atoms with E-state index in [9.17, 15) is 4.39 Å². The van der Waals surface area contributed by atoms with Gasteiger partial charge in [0.25, 0.3) is 0 Å². The molecule has 102 valence electrons. The summed E-state index contributed by atoms with van der Waals surface area (Å²) in [5.41, 5.74) is 5.65. The van der Waals surface area contributed by atoms with Crippen LogP contribution in [0.15, 0.2) is 54.7 Å². The Bertz CT molecular complexity index is 669. The first-order chi connectivity index (χ1) is 9.66. The number of nitrogens with zero attached hydrogens (tertiary/aromatic N) is 1. The van der Waals surface area contributed by atoms with Gasteiger partial charge in [0.15, 0.2) is 0 Å². The van der Waals surface area contributed by atoms with Crippen molar-refractivity contribution in [1.29, 1.82) is 0 Å². The molecule has 2 nitrogen and oxygen atoms in total. The van der Waals surface area contributed by atoms with E-state index in [1.807, 2.05) is 48.5 Å². The highest BCUT2D eigenvalue weighted by atomic mass is 35.5. The van der Waals surface area contributed by atoms with Crippen LogP contribution in [-0.4, -0.2) is 6.04 Å². The Balaban J connectivity index is 2.00. The first-order valence-electron chi connectivity index (χ1n) is 6.43. The summed E-state index contributed by atoms with van der Waals surface area (Å²) in [6.07, 6.45) is 1.89. The third kappa shape index (κ3) is 2.30. The minimum absolute atomic E-state index is 0.0168. The molecule has 0 saturated carbocycles. The SMILES string of the molecule is CC1NN(c2ccccc2Cl)C=C1c1ccccc1F. The largest absolute Gasteiger partial charge is 0.282 e. The van der Waals surface area contributed by atoms with Crippen molar-refractivity contribution in [1.82, 2.24) is 5.43 Å². The molecule has 0 fully saturated rings. The smallest absolute Gasteiger partial charge is 0.130 e. The normalized spacial score (nSPS) is 18.2. The molecule has 1 aliphatic heterocycles. The van der Waals surface area contributed by atoms with Gasteiger partial charge in [0.1, 0.15) is 5.82 Å². The van der Waals surface area contributed by atoms with Crippen LogP contribution >= 0.6 is 11.6 Å². The van der Waals surface area contributed by atoms with E-state index in [0.29, 0.717) is 10.6 Å². The second-order valence-electron chi connectivity index (χ2n) is 4.74. The quantitative estimate of drug-likeness (QED) is 0.889. The molecule has 1 atom stereocenters. The second-order valence-corrected chi connectivity index (χ2v) is 5.14. The molecule has 0 spiro atoms. The number of para-hydroxylation sites is 1. The number of hydrogen-bond donors (Lipinski definition) is 1. The van der Waals surface area contributed by atoms with Crippen LogP contribution in [0.5, 0.6) is 0 Å². The van der Waals surface area contributed by atoms with Crippen molar-refractivity contribution in [2.75, 3.05) is 5.01 Å². The Morgan fingerprint density at radius 1 is 1.10 bits per heavy atom. The van der Waals surface area contributed by atoms with E-state index in [1.54, 1.807) is 12.1 Å². The van der Waals surface area contributed by atoms with Crippen molar-refractivity contribution in [3.8, 4) is 0 Å². The number of nitrogens with one attached hydrogen (secondary N) is 1. The number of hydrazine groups is 1. The van der Waals surface area contributed by atoms with Crippen LogP contribution in [-0.2, 0) is 0 Å². The first kappa shape index (κ1) is 13.2. The number of anilines is 1. The van der Waals surface area contributed by atoms with Crippen LogP contribution in [0.25, 0.3) is 5.57 Å². The molecule has 1 heterocycles. The van der Waals surface area contributed by atoms with E-state index in [4.69, 9.17) is 11.6 Å². The van der Waals surface area contributed by atoms with Crippen molar-refractivity contribution in [2.24, 2.45) is 0 Å². The monoisotopic (exact) mass is 288 g/mol. The van der Waals surface area contributed by atoms with E-state index >= 15 is 0 Å². The highest BCUT2D eigenvalue weighted by Gasteiger charge is 2.24. The Labute approximate surface area is 122 Å². The summed E-state index contributed by atoms with van der Waals surface area (Å²) in [4.78, 5) is 0. The summed E-state index contributed by atoms with van der Waals surface area (Å²) in [5.74, 6) is -0.214. The predicted octanol–water partition coefficient (Wildman–Crippen LogP) is 4.23. The molecule has 1 unspecified atom stereocenters. The predicted molar refractivity (Wildman–Crippen MR) is 80.9 cm³/mol. The highest BCUT2D eigenvalue weighted by molar-refractivity contribution is 6.33. The molecule has 2 aromatic rings. The minimum atomic E-state index is -0.214. The van der Waals surface area contributed by atoms with Crippen LogP contribution in [0.2, 0.25) is 5.02 Å². The van der Waals surface area contributed by atoms with Gasteiger partial charge < -0.3 is 0 Å². The van der Waals surface area contributed by atoms with E-state index in [2.05, 4.69) is 5.43 Å². The van der Waals surface area contributed by atoms with E-state index in [0.717, 1.165) is 11.3 Å². The number of halogens is 2. The Morgan fingerprint density at radius 2 is 1.80 bits per heavy atom. The zero-order valence-corrected chi connectivity index (χ0v) is 11.7. The molecule has 1 aliphatic rings. The topological polar surface area (TPSA) is 15.3 Å².